The summed E-state index contributed by atoms with van der Waals surface area (Å²) in [7, 11) is 0. The molecular formula is C15H21N3S. The predicted octanol–water partition coefficient (Wildman–Crippen LogP) is 3.80. The third kappa shape index (κ3) is 3.07. The topological polar surface area (TPSA) is 40.7 Å². The lowest BCUT2D eigenvalue weighted by Gasteiger charge is -2.23. The van der Waals surface area contributed by atoms with Gasteiger partial charge in [-0.3, -0.25) is 0 Å². The van der Waals surface area contributed by atoms with Crippen LogP contribution < -0.4 is 5.32 Å². The van der Waals surface area contributed by atoms with Crippen LogP contribution in [0.4, 0.5) is 0 Å². The summed E-state index contributed by atoms with van der Waals surface area (Å²) in [4.78, 5) is 9.03. The summed E-state index contributed by atoms with van der Waals surface area (Å²) in [6, 6.07) is 4.93. The average molecular weight is 275 g/mol. The molecule has 3 nitrogen and oxygen atoms in total. The molecule has 0 spiro atoms. The molecule has 2 N–H and O–H groups in total. The van der Waals surface area contributed by atoms with Gasteiger partial charge in [0.2, 0.25) is 0 Å². The molecule has 1 saturated carbocycles. The predicted molar refractivity (Wildman–Crippen MR) is 79.2 cm³/mol. The van der Waals surface area contributed by atoms with Gasteiger partial charge in [0.1, 0.15) is 5.82 Å². The molecule has 1 fully saturated rings. The molecule has 2 heterocycles. The van der Waals surface area contributed by atoms with Crippen LogP contribution in [0.15, 0.2) is 23.7 Å². The summed E-state index contributed by atoms with van der Waals surface area (Å²) in [5.41, 5.74) is 1.18. The van der Waals surface area contributed by atoms with E-state index in [-0.39, 0.29) is 0 Å². The summed E-state index contributed by atoms with van der Waals surface area (Å²) in [6.45, 7) is 2.87. The van der Waals surface area contributed by atoms with E-state index in [1.807, 2.05) is 24.5 Å². The Labute approximate surface area is 118 Å². The fourth-order valence-electron chi connectivity index (χ4n) is 3.04. The highest BCUT2D eigenvalue weighted by Crippen LogP contribution is 2.37. The number of thiophene rings is 1. The quantitative estimate of drug-likeness (QED) is 0.871. The van der Waals surface area contributed by atoms with Crippen molar-refractivity contribution in [1.82, 2.24) is 15.3 Å². The minimum Gasteiger partial charge on any atom is -0.345 e. The number of hydrogen-bond acceptors (Lipinski definition) is 3. The Morgan fingerprint density at radius 3 is 2.95 bits per heavy atom. The molecule has 1 aliphatic rings. The molecule has 2 aromatic heterocycles. The van der Waals surface area contributed by atoms with Gasteiger partial charge in [0, 0.05) is 29.4 Å². The van der Waals surface area contributed by atoms with Crippen LogP contribution >= 0.6 is 11.3 Å². The van der Waals surface area contributed by atoms with E-state index in [1.54, 1.807) is 0 Å². The minimum absolute atomic E-state index is 0.506. The molecular weight excluding hydrogens is 254 g/mol. The monoisotopic (exact) mass is 275 g/mol. The molecule has 102 valence electrons. The maximum atomic E-state index is 4.26. The first kappa shape index (κ1) is 12.9. The van der Waals surface area contributed by atoms with Crippen molar-refractivity contribution in [2.75, 3.05) is 0 Å². The van der Waals surface area contributed by atoms with Gasteiger partial charge in [0.05, 0.1) is 0 Å². The van der Waals surface area contributed by atoms with Crippen molar-refractivity contribution >= 4 is 11.3 Å². The second kappa shape index (κ2) is 5.88. The zero-order valence-corrected chi connectivity index (χ0v) is 12.2. The minimum atomic E-state index is 0.506. The number of aromatic nitrogens is 2. The Hall–Kier alpha value is -1.13. The normalized spacial score (nSPS) is 17.9. The van der Waals surface area contributed by atoms with Crippen LogP contribution in [0.1, 0.15) is 48.1 Å². The van der Waals surface area contributed by atoms with E-state index < -0.39 is 0 Å². The summed E-state index contributed by atoms with van der Waals surface area (Å²) in [5.74, 6) is 1.79. The maximum Gasteiger partial charge on any atom is 0.103 e. The second-order valence-corrected chi connectivity index (χ2v) is 6.39. The molecule has 3 rings (SSSR count). The van der Waals surface area contributed by atoms with Crippen molar-refractivity contribution in [2.45, 2.75) is 45.2 Å². The lowest BCUT2D eigenvalue weighted by molar-refractivity contribution is 0.369. The molecule has 0 aromatic carbocycles. The molecule has 0 amide bonds. The highest BCUT2D eigenvalue weighted by molar-refractivity contribution is 7.10. The maximum absolute atomic E-state index is 4.26. The van der Waals surface area contributed by atoms with Crippen LogP contribution in [0.5, 0.6) is 0 Å². The number of nitrogens with zero attached hydrogens (tertiary/aromatic N) is 1. The first-order chi connectivity index (χ1) is 9.33. The van der Waals surface area contributed by atoms with E-state index >= 15 is 0 Å². The van der Waals surface area contributed by atoms with Gasteiger partial charge < -0.3 is 10.3 Å². The van der Waals surface area contributed by atoms with Crippen molar-refractivity contribution in [1.29, 1.82) is 0 Å². The summed E-state index contributed by atoms with van der Waals surface area (Å²) in [5, 5.41) is 5.91. The molecule has 1 atom stereocenters. The Kier molecular flexibility index (Phi) is 3.99. The molecule has 0 radical (unpaired) electrons. The summed E-state index contributed by atoms with van der Waals surface area (Å²) in [6.07, 6.45) is 7.42. The number of aryl methyl sites for hydroxylation is 1. The zero-order chi connectivity index (χ0) is 13.1. The number of rotatable bonds is 5. The Morgan fingerprint density at radius 2 is 2.32 bits per heavy atom. The molecule has 4 heteroatoms. The first-order valence-corrected chi connectivity index (χ1v) is 7.98. The Balaban J connectivity index is 1.68. The summed E-state index contributed by atoms with van der Waals surface area (Å²) < 4.78 is 0. The van der Waals surface area contributed by atoms with E-state index in [9.17, 15) is 0 Å². The Bertz CT molecular complexity index is 497. The molecule has 1 aliphatic carbocycles. The molecule has 1 unspecified atom stereocenters. The van der Waals surface area contributed by atoms with Crippen molar-refractivity contribution in [3.05, 3.63) is 40.1 Å². The first-order valence-electron chi connectivity index (χ1n) is 7.10. The van der Waals surface area contributed by atoms with Crippen LogP contribution in [0, 0.1) is 12.8 Å². The standard InChI is InChI=1S/C15H21N3S/c1-11-16-9-13(18-11)10-17-15(12-5-2-3-6-12)14-7-4-8-19-14/h4,7-9,12,15,17H,2-3,5-6,10H2,1H3,(H,16,18). The summed E-state index contributed by atoms with van der Waals surface area (Å²) >= 11 is 1.87. The number of aromatic amines is 1. The van der Waals surface area contributed by atoms with Crippen molar-refractivity contribution in [2.24, 2.45) is 5.92 Å². The van der Waals surface area contributed by atoms with Crippen molar-refractivity contribution < 1.29 is 0 Å². The van der Waals surface area contributed by atoms with Gasteiger partial charge in [-0.25, -0.2) is 4.98 Å². The molecule has 0 bridgehead atoms. The average Bonchev–Trinajstić information content (AvgIpc) is 3.11. The van der Waals surface area contributed by atoms with E-state index in [1.165, 1.54) is 36.3 Å². The van der Waals surface area contributed by atoms with E-state index in [0.717, 1.165) is 18.3 Å². The van der Waals surface area contributed by atoms with Gasteiger partial charge in [-0.05, 0) is 37.1 Å². The third-order valence-corrected chi connectivity index (χ3v) is 4.94. The molecule has 0 saturated heterocycles. The highest BCUT2D eigenvalue weighted by atomic mass is 32.1. The van der Waals surface area contributed by atoms with Gasteiger partial charge in [-0.2, -0.15) is 0 Å². The van der Waals surface area contributed by atoms with Gasteiger partial charge in [-0.15, -0.1) is 11.3 Å². The Morgan fingerprint density at radius 1 is 1.47 bits per heavy atom. The lowest BCUT2D eigenvalue weighted by atomic mass is 9.96. The number of nitrogens with one attached hydrogen (secondary N) is 2. The van der Waals surface area contributed by atoms with E-state index in [4.69, 9.17) is 0 Å². The van der Waals surface area contributed by atoms with Crippen LogP contribution in [-0.4, -0.2) is 9.97 Å². The molecule has 2 aromatic rings. The number of hydrogen-bond donors (Lipinski definition) is 2. The SMILES string of the molecule is Cc1ncc(CNC(c2cccs2)C2CCCC2)[nH]1. The van der Waals surface area contributed by atoms with Crippen molar-refractivity contribution in [3.63, 3.8) is 0 Å². The van der Waals surface area contributed by atoms with Gasteiger partial charge in [0.15, 0.2) is 0 Å². The lowest BCUT2D eigenvalue weighted by Crippen LogP contribution is -2.26. The van der Waals surface area contributed by atoms with Crippen LogP contribution in [-0.2, 0) is 6.54 Å². The fraction of sp³-hybridized carbons (Fsp3) is 0.533. The van der Waals surface area contributed by atoms with E-state index in [0.29, 0.717) is 6.04 Å². The van der Waals surface area contributed by atoms with E-state index in [2.05, 4.69) is 32.8 Å². The second-order valence-electron chi connectivity index (χ2n) is 5.41. The van der Waals surface area contributed by atoms with Gasteiger partial charge in [0.25, 0.3) is 0 Å². The number of H-pyrrole nitrogens is 1. The molecule has 19 heavy (non-hydrogen) atoms. The highest BCUT2D eigenvalue weighted by Gasteiger charge is 2.26. The van der Waals surface area contributed by atoms with Crippen molar-refractivity contribution in [3.8, 4) is 0 Å². The van der Waals surface area contributed by atoms with Crippen LogP contribution in [0.3, 0.4) is 0 Å². The largest absolute Gasteiger partial charge is 0.345 e. The third-order valence-electron chi connectivity index (χ3n) is 3.99. The van der Waals surface area contributed by atoms with Gasteiger partial charge in [-0.1, -0.05) is 18.9 Å². The number of imidazole rings is 1. The zero-order valence-electron chi connectivity index (χ0n) is 11.4. The molecule has 0 aliphatic heterocycles. The van der Waals surface area contributed by atoms with Crippen LogP contribution in [0.25, 0.3) is 0 Å². The smallest absolute Gasteiger partial charge is 0.103 e. The van der Waals surface area contributed by atoms with Gasteiger partial charge >= 0.3 is 0 Å². The fourth-order valence-corrected chi connectivity index (χ4v) is 3.93. The van der Waals surface area contributed by atoms with Crippen LogP contribution in [0.2, 0.25) is 0 Å².